The van der Waals surface area contributed by atoms with Crippen LogP contribution >= 0.6 is 11.6 Å². The average Bonchev–Trinajstić information content (AvgIpc) is 2.75. The van der Waals surface area contributed by atoms with Gasteiger partial charge in [-0.05, 0) is 34.5 Å². The molecule has 0 aromatic heterocycles. The summed E-state index contributed by atoms with van der Waals surface area (Å²) in [5.74, 6) is -0.000497. The number of likely N-dealkylation sites (N-methyl/N-ethyl adjacent to an activating group) is 1. The molecule has 3 aromatic carbocycles. The van der Waals surface area contributed by atoms with Crippen LogP contribution in [0.3, 0.4) is 0 Å². The van der Waals surface area contributed by atoms with Crippen LogP contribution in [-0.4, -0.2) is 38.8 Å². The molecule has 158 valence electrons. The van der Waals surface area contributed by atoms with Gasteiger partial charge in [-0.25, -0.2) is 8.42 Å². The van der Waals surface area contributed by atoms with Crippen LogP contribution in [0.1, 0.15) is 12.5 Å². The van der Waals surface area contributed by atoms with E-state index < -0.39 is 10.0 Å². The summed E-state index contributed by atoms with van der Waals surface area (Å²) in [6, 6.07) is 18.0. The zero-order chi connectivity index (χ0) is 21.7. The fourth-order valence-electron chi connectivity index (χ4n) is 3.18. The molecule has 0 bridgehead atoms. The van der Waals surface area contributed by atoms with Crippen molar-refractivity contribution in [1.29, 1.82) is 0 Å². The Bertz CT molecular complexity index is 1160. The van der Waals surface area contributed by atoms with Crippen molar-refractivity contribution in [3.05, 3.63) is 71.2 Å². The van der Waals surface area contributed by atoms with E-state index in [1.165, 1.54) is 25.3 Å². The van der Waals surface area contributed by atoms with Crippen molar-refractivity contribution in [2.24, 2.45) is 0 Å². The van der Waals surface area contributed by atoms with Gasteiger partial charge >= 0.3 is 0 Å². The number of carbonyl (C=O) groups is 1. The molecule has 0 heterocycles. The van der Waals surface area contributed by atoms with Crippen molar-refractivity contribution in [2.45, 2.75) is 18.4 Å². The van der Waals surface area contributed by atoms with E-state index in [1.54, 1.807) is 6.92 Å². The third kappa shape index (κ3) is 4.75. The van der Waals surface area contributed by atoms with Crippen LogP contribution < -0.4 is 10.1 Å². The zero-order valence-electron chi connectivity index (χ0n) is 16.8. The molecular formula is C22H23ClN2O4S. The summed E-state index contributed by atoms with van der Waals surface area (Å²) in [7, 11) is -2.43. The zero-order valence-corrected chi connectivity index (χ0v) is 18.3. The number of methoxy groups -OCH3 is 1. The summed E-state index contributed by atoms with van der Waals surface area (Å²) < 4.78 is 32.1. The molecule has 30 heavy (non-hydrogen) atoms. The Hall–Kier alpha value is -2.61. The Morgan fingerprint density at radius 1 is 1.10 bits per heavy atom. The van der Waals surface area contributed by atoms with Crippen LogP contribution in [0.15, 0.2) is 65.6 Å². The number of nitrogens with one attached hydrogen (secondary N) is 1. The number of hydrogen-bond acceptors (Lipinski definition) is 4. The molecule has 0 radical (unpaired) electrons. The Morgan fingerprint density at radius 2 is 1.83 bits per heavy atom. The van der Waals surface area contributed by atoms with E-state index in [0.29, 0.717) is 12.3 Å². The Balaban J connectivity index is 1.71. The number of ether oxygens (including phenoxy) is 1. The van der Waals surface area contributed by atoms with Gasteiger partial charge in [-0.15, -0.1) is 0 Å². The standard InChI is InChI=1S/C22H23ClN2O4S/c1-3-25(30(27,28)18-11-12-21(29-2)20(23)13-18)15-22(26)24-14-17-9-6-8-16-7-4-5-10-19(16)17/h4-13H,3,14-15H2,1-2H3,(H,24,26). The smallest absolute Gasteiger partial charge is 0.243 e. The number of rotatable bonds is 8. The van der Waals surface area contributed by atoms with Gasteiger partial charge in [0.1, 0.15) is 5.75 Å². The molecule has 0 saturated carbocycles. The molecule has 1 amide bonds. The lowest BCUT2D eigenvalue weighted by Gasteiger charge is -2.20. The molecule has 0 saturated heterocycles. The largest absolute Gasteiger partial charge is 0.495 e. The molecule has 8 heteroatoms. The highest BCUT2D eigenvalue weighted by atomic mass is 35.5. The first-order valence-electron chi connectivity index (χ1n) is 9.44. The molecule has 0 aliphatic rings. The maximum Gasteiger partial charge on any atom is 0.243 e. The van der Waals surface area contributed by atoms with Crippen molar-refractivity contribution in [2.75, 3.05) is 20.2 Å². The Kier molecular flexibility index (Phi) is 6.97. The normalized spacial score (nSPS) is 11.6. The topological polar surface area (TPSA) is 75.7 Å². The van der Waals surface area contributed by atoms with Gasteiger partial charge in [-0.1, -0.05) is 61.0 Å². The minimum Gasteiger partial charge on any atom is -0.495 e. The van der Waals surface area contributed by atoms with Crippen molar-refractivity contribution in [3.63, 3.8) is 0 Å². The number of amides is 1. The number of sulfonamides is 1. The van der Waals surface area contributed by atoms with E-state index in [4.69, 9.17) is 16.3 Å². The lowest BCUT2D eigenvalue weighted by molar-refractivity contribution is -0.121. The number of fused-ring (bicyclic) bond motifs is 1. The van der Waals surface area contributed by atoms with E-state index in [0.717, 1.165) is 20.6 Å². The minimum absolute atomic E-state index is 0.0111. The predicted octanol–water partition coefficient (Wildman–Crippen LogP) is 3.83. The monoisotopic (exact) mass is 446 g/mol. The number of carbonyl (C=O) groups excluding carboxylic acids is 1. The summed E-state index contributed by atoms with van der Waals surface area (Å²) in [6.07, 6.45) is 0. The molecule has 1 N–H and O–H groups in total. The Morgan fingerprint density at radius 3 is 2.53 bits per heavy atom. The van der Waals surface area contributed by atoms with Gasteiger partial charge in [0, 0.05) is 13.1 Å². The van der Waals surface area contributed by atoms with E-state index in [9.17, 15) is 13.2 Å². The van der Waals surface area contributed by atoms with Crippen LogP contribution in [0.25, 0.3) is 10.8 Å². The van der Waals surface area contributed by atoms with Crippen molar-refractivity contribution in [3.8, 4) is 5.75 Å². The second kappa shape index (κ2) is 9.47. The lowest BCUT2D eigenvalue weighted by Crippen LogP contribution is -2.40. The highest BCUT2D eigenvalue weighted by Crippen LogP contribution is 2.28. The molecule has 0 aliphatic carbocycles. The second-order valence-corrected chi connectivity index (χ2v) is 8.99. The van der Waals surface area contributed by atoms with Crippen molar-refractivity contribution >= 4 is 38.3 Å². The fraction of sp³-hybridized carbons (Fsp3) is 0.227. The average molecular weight is 447 g/mol. The van der Waals surface area contributed by atoms with E-state index >= 15 is 0 Å². The van der Waals surface area contributed by atoms with Gasteiger partial charge < -0.3 is 10.1 Å². The number of hydrogen-bond donors (Lipinski definition) is 1. The lowest BCUT2D eigenvalue weighted by atomic mass is 10.0. The van der Waals surface area contributed by atoms with Gasteiger partial charge in [0.25, 0.3) is 0 Å². The molecule has 6 nitrogen and oxygen atoms in total. The molecule has 0 atom stereocenters. The molecule has 3 aromatic rings. The maximum absolute atomic E-state index is 12.9. The SMILES string of the molecule is CCN(CC(=O)NCc1cccc2ccccc12)S(=O)(=O)c1ccc(OC)c(Cl)c1. The molecule has 0 unspecified atom stereocenters. The van der Waals surface area contributed by atoms with Gasteiger partial charge in [-0.2, -0.15) is 4.31 Å². The molecule has 0 aliphatic heterocycles. The predicted molar refractivity (Wildman–Crippen MR) is 118 cm³/mol. The minimum atomic E-state index is -3.88. The first kappa shape index (κ1) is 22.1. The molecular weight excluding hydrogens is 424 g/mol. The second-order valence-electron chi connectivity index (χ2n) is 6.64. The number of halogens is 1. The van der Waals surface area contributed by atoms with Crippen LogP contribution in [0.2, 0.25) is 5.02 Å². The Labute approximate surface area is 181 Å². The molecule has 3 rings (SSSR count). The maximum atomic E-state index is 12.9. The summed E-state index contributed by atoms with van der Waals surface area (Å²) in [4.78, 5) is 12.5. The quantitative estimate of drug-likeness (QED) is 0.570. The van der Waals surface area contributed by atoms with Gasteiger partial charge in [0.2, 0.25) is 15.9 Å². The fourth-order valence-corrected chi connectivity index (χ4v) is 4.93. The first-order chi connectivity index (χ1) is 14.4. The highest BCUT2D eigenvalue weighted by Gasteiger charge is 2.26. The molecule has 0 fully saturated rings. The summed E-state index contributed by atoms with van der Waals surface area (Å²) >= 11 is 6.07. The van der Waals surface area contributed by atoms with Gasteiger partial charge in [0.15, 0.2) is 0 Å². The molecule has 0 spiro atoms. The summed E-state index contributed by atoms with van der Waals surface area (Å²) in [6.45, 7) is 1.85. The third-order valence-corrected chi connectivity index (χ3v) is 7.00. The van der Waals surface area contributed by atoms with Gasteiger partial charge in [-0.3, -0.25) is 4.79 Å². The van der Waals surface area contributed by atoms with E-state index in [1.807, 2.05) is 42.5 Å². The van der Waals surface area contributed by atoms with Crippen molar-refractivity contribution in [1.82, 2.24) is 9.62 Å². The van der Waals surface area contributed by atoms with E-state index in [2.05, 4.69) is 5.32 Å². The summed E-state index contributed by atoms with van der Waals surface area (Å²) in [5, 5.41) is 5.14. The van der Waals surface area contributed by atoms with Crippen LogP contribution in [0, 0.1) is 0 Å². The third-order valence-electron chi connectivity index (χ3n) is 4.79. The number of benzene rings is 3. The van der Waals surface area contributed by atoms with E-state index in [-0.39, 0.29) is 28.9 Å². The number of nitrogens with zero attached hydrogens (tertiary/aromatic N) is 1. The van der Waals surface area contributed by atoms with Crippen molar-refractivity contribution < 1.29 is 17.9 Å². The first-order valence-corrected chi connectivity index (χ1v) is 11.3. The van der Waals surface area contributed by atoms with Crippen LogP contribution in [0.4, 0.5) is 0 Å². The highest BCUT2D eigenvalue weighted by molar-refractivity contribution is 7.89. The van der Waals surface area contributed by atoms with Crippen LogP contribution in [0.5, 0.6) is 5.75 Å². The van der Waals surface area contributed by atoms with Gasteiger partial charge in [0.05, 0.1) is 23.6 Å². The summed E-state index contributed by atoms with van der Waals surface area (Å²) in [5.41, 5.74) is 0.967. The van der Waals surface area contributed by atoms with Crippen LogP contribution in [-0.2, 0) is 21.4 Å².